The van der Waals surface area contributed by atoms with E-state index >= 15 is 0 Å². The summed E-state index contributed by atoms with van der Waals surface area (Å²) in [6.07, 6.45) is 0. The zero-order valence-corrected chi connectivity index (χ0v) is 10.3. The minimum absolute atomic E-state index is 0.168. The highest BCUT2D eigenvalue weighted by molar-refractivity contribution is 7.17. The van der Waals surface area contributed by atoms with Crippen LogP contribution in [0.1, 0.15) is 24.2 Å². The maximum atomic E-state index is 12.0. The first kappa shape index (κ1) is 11.3. The molecule has 0 amide bonds. The Hall–Kier alpha value is -1.19. The van der Waals surface area contributed by atoms with Gasteiger partial charge >= 0.3 is 0 Å². The second-order valence-electron chi connectivity index (χ2n) is 4.10. The van der Waals surface area contributed by atoms with Gasteiger partial charge in [-0.05, 0) is 22.9 Å². The zero-order valence-electron chi connectivity index (χ0n) is 9.49. The van der Waals surface area contributed by atoms with Crippen LogP contribution in [0.15, 0.2) is 29.6 Å². The Morgan fingerprint density at radius 3 is 2.94 bits per heavy atom. The molecule has 1 aromatic heterocycles. The normalized spacial score (nSPS) is 11.2. The summed E-state index contributed by atoms with van der Waals surface area (Å²) < 4.78 is 1.10. The monoisotopic (exact) mass is 233 g/mol. The molecule has 0 aliphatic carbocycles. The number of hydrogen-bond donors (Lipinski definition) is 1. The number of fused-ring (bicyclic) bond motifs is 1. The summed E-state index contributed by atoms with van der Waals surface area (Å²) >= 11 is 1.63. The van der Waals surface area contributed by atoms with Crippen molar-refractivity contribution >= 4 is 27.2 Å². The van der Waals surface area contributed by atoms with Crippen LogP contribution < -0.4 is 5.32 Å². The number of ketones is 1. The van der Waals surface area contributed by atoms with Crippen molar-refractivity contribution in [3.05, 3.63) is 35.2 Å². The van der Waals surface area contributed by atoms with Crippen LogP contribution in [0.3, 0.4) is 0 Å². The fraction of sp³-hybridized carbons (Fsp3) is 0.308. The van der Waals surface area contributed by atoms with Crippen LogP contribution in [0.5, 0.6) is 0 Å². The molecular formula is C13H15NOS. The van der Waals surface area contributed by atoms with Gasteiger partial charge < -0.3 is 5.32 Å². The molecule has 0 atom stereocenters. The molecule has 0 aliphatic rings. The van der Waals surface area contributed by atoms with Crippen LogP contribution in [-0.4, -0.2) is 18.4 Å². The summed E-state index contributed by atoms with van der Waals surface area (Å²) in [6, 6.07) is 8.28. The largest absolute Gasteiger partial charge is 0.307 e. The maximum Gasteiger partial charge on any atom is 0.178 e. The van der Waals surface area contributed by atoms with Crippen molar-refractivity contribution in [2.45, 2.75) is 19.9 Å². The van der Waals surface area contributed by atoms with E-state index in [2.05, 4.69) is 5.32 Å². The quantitative estimate of drug-likeness (QED) is 0.822. The van der Waals surface area contributed by atoms with Gasteiger partial charge in [0.25, 0.3) is 0 Å². The molecule has 0 saturated heterocycles. The van der Waals surface area contributed by atoms with Crippen molar-refractivity contribution in [1.29, 1.82) is 0 Å². The smallest absolute Gasteiger partial charge is 0.178 e. The zero-order chi connectivity index (χ0) is 11.5. The van der Waals surface area contributed by atoms with Crippen molar-refractivity contribution in [2.24, 2.45) is 0 Å². The SMILES string of the molecule is CC(C)NCC(=O)c1cccc2ccsc12. The molecule has 16 heavy (non-hydrogen) atoms. The summed E-state index contributed by atoms with van der Waals surface area (Å²) in [6.45, 7) is 4.49. The third-order valence-corrected chi connectivity index (χ3v) is 3.41. The molecule has 3 heteroatoms. The van der Waals surface area contributed by atoms with Gasteiger partial charge in [0.1, 0.15) is 0 Å². The molecule has 0 spiro atoms. The predicted molar refractivity (Wildman–Crippen MR) is 69.3 cm³/mol. The molecule has 0 fully saturated rings. The van der Waals surface area contributed by atoms with Gasteiger partial charge in [-0.25, -0.2) is 0 Å². The lowest BCUT2D eigenvalue weighted by atomic mass is 10.1. The Morgan fingerprint density at radius 2 is 2.19 bits per heavy atom. The summed E-state index contributed by atoms with van der Waals surface area (Å²) in [4.78, 5) is 12.0. The van der Waals surface area contributed by atoms with Crippen molar-refractivity contribution in [3.63, 3.8) is 0 Å². The lowest BCUT2D eigenvalue weighted by Crippen LogP contribution is -2.29. The lowest BCUT2D eigenvalue weighted by Gasteiger charge is -2.07. The van der Waals surface area contributed by atoms with E-state index in [0.717, 1.165) is 15.6 Å². The minimum atomic E-state index is 0.168. The molecule has 1 heterocycles. The van der Waals surface area contributed by atoms with E-state index in [0.29, 0.717) is 12.6 Å². The minimum Gasteiger partial charge on any atom is -0.307 e. The van der Waals surface area contributed by atoms with Crippen LogP contribution in [0.25, 0.3) is 10.1 Å². The molecule has 2 nitrogen and oxygen atoms in total. The molecule has 1 N–H and O–H groups in total. The van der Waals surface area contributed by atoms with Gasteiger partial charge in [0.05, 0.1) is 6.54 Å². The van der Waals surface area contributed by atoms with Crippen LogP contribution in [0.4, 0.5) is 0 Å². The van der Waals surface area contributed by atoms with E-state index in [1.165, 1.54) is 0 Å². The first-order valence-electron chi connectivity index (χ1n) is 5.41. The van der Waals surface area contributed by atoms with Crippen LogP contribution in [0.2, 0.25) is 0 Å². The number of thiophene rings is 1. The van der Waals surface area contributed by atoms with Crippen LogP contribution in [-0.2, 0) is 0 Å². The highest BCUT2D eigenvalue weighted by Crippen LogP contribution is 2.24. The first-order valence-corrected chi connectivity index (χ1v) is 6.29. The molecule has 0 radical (unpaired) electrons. The summed E-state index contributed by atoms with van der Waals surface area (Å²) in [5, 5.41) is 6.33. The Morgan fingerprint density at radius 1 is 1.38 bits per heavy atom. The molecule has 0 aliphatic heterocycles. The van der Waals surface area contributed by atoms with Crippen molar-refractivity contribution < 1.29 is 4.79 Å². The lowest BCUT2D eigenvalue weighted by molar-refractivity contribution is 0.0990. The van der Waals surface area contributed by atoms with Crippen molar-refractivity contribution in [3.8, 4) is 0 Å². The van der Waals surface area contributed by atoms with Gasteiger partial charge in [-0.3, -0.25) is 4.79 Å². The second-order valence-corrected chi connectivity index (χ2v) is 5.02. The Balaban J connectivity index is 2.25. The van der Waals surface area contributed by atoms with Crippen LogP contribution >= 0.6 is 11.3 Å². The highest BCUT2D eigenvalue weighted by atomic mass is 32.1. The van der Waals surface area contributed by atoms with Gasteiger partial charge in [-0.2, -0.15) is 0 Å². The summed E-state index contributed by atoms with van der Waals surface area (Å²) in [5.74, 6) is 0.168. The van der Waals surface area contributed by atoms with E-state index in [4.69, 9.17) is 0 Å². The number of rotatable bonds is 4. The maximum absolute atomic E-state index is 12.0. The van der Waals surface area contributed by atoms with Gasteiger partial charge in [0.15, 0.2) is 5.78 Å². The van der Waals surface area contributed by atoms with E-state index < -0.39 is 0 Å². The second kappa shape index (κ2) is 4.76. The number of nitrogens with one attached hydrogen (secondary N) is 1. The van der Waals surface area contributed by atoms with Crippen molar-refractivity contribution in [2.75, 3.05) is 6.54 Å². The molecule has 0 unspecified atom stereocenters. The summed E-state index contributed by atoms with van der Waals surface area (Å²) in [7, 11) is 0. The molecule has 84 valence electrons. The number of hydrogen-bond acceptors (Lipinski definition) is 3. The predicted octanol–water partition coefficient (Wildman–Crippen LogP) is 3.08. The topological polar surface area (TPSA) is 29.1 Å². The van der Waals surface area contributed by atoms with E-state index in [9.17, 15) is 4.79 Å². The third-order valence-electron chi connectivity index (χ3n) is 2.45. The number of carbonyl (C=O) groups excluding carboxylic acids is 1. The van der Waals surface area contributed by atoms with Gasteiger partial charge in [-0.1, -0.05) is 26.0 Å². The standard InChI is InChI=1S/C13H15NOS/c1-9(2)14-8-12(15)11-5-3-4-10-6-7-16-13(10)11/h3-7,9,14H,8H2,1-2H3. The van der Waals surface area contributed by atoms with Gasteiger partial charge in [0, 0.05) is 16.3 Å². The molecule has 1 aromatic carbocycles. The average molecular weight is 233 g/mol. The number of carbonyl (C=O) groups is 1. The van der Waals surface area contributed by atoms with Crippen molar-refractivity contribution in [1.82, 2.24) is 5.32 Å². The van der Waals surface area contributed by atoms with Gasteiger partial charge in [0.2, 0.25) is 0 Å². The molecule has 2 aromatic rings. The molecule has 0 saturated carbocycles. The first-order chi connectivity index (χ1) is 7.68. The average Bonchev–Trinajstić information content (AvgIpc) is 2.73. The van der Waals surface area contributed by atoms with Gasteiger partial charge in [-0.15, -0.1) is 11.3 Å². The summed E-state index contributed by atoms with van der Waals surface area (Å²) in [5.41, 5.74) is 0.834. The van der Waals surface area contributed by atoms with E-state index in [-0.39, 0.29) is 5.78 Å². The Labute approximate surface area is 99.3 Å². The fourth-order valence-corrected chi connectivity index (χ4v) is 2.54. The van der Waals surface area contributed by atoms with E-state index in [1.807, 2.05) is 43.5 Å². The van der Waals surface area contributed by atoms with E-state index in [1.54, 1.807) is 11.3 Å². The Bertz CT molecular complexity index is 501. The van der Waals surface area contributed by atoms with Crippen LogP contribution in [0, 0.1) is 0 Å². The highest BCUT2D eigenvalue weighted by Gasteiger charge is 2.10. The molecular weight excluding hydrogens is 218 g/mol. The number of benzene rings is 1. The fourth-order valence-electron chi connectivity index (χ4n) is 1.60. The third kappa shape index (κ3) is 2.31. The molecule has 0 bridgehead atoms. The molecule has 2 rings (SSSR count). The Kier molecular flexibility index (Phi) is 3.36. The number of Topliss-reactive ketones (excluding diaryl/α,β-unsaturated/α-hetero) is 1.